The van der Waals surface area contributed by atoms with Crippen molar-refractivity contribution in [2.75, 3.05) is 32.7 Å². The van der Waals surface area contributed by atoms with E-state index in [1.165, 1.54) is 19.3 Å². The highest BCUT2D eigenvalue weighted by atomic mass is 16.2. The summed E-state index contributed by atoms with van der Waals surface area (Å²) in [5.41, 5.74) is -0.103. The first-order valence-corrected chi connectivity index (χ1v) is 10.3. The monoisotopic (exact) mass is 349 g/mol. The lowest BCUT2D eigenvalue weighted by atomic mass is 9.49. The highest BCUT2D eigenvalue weighted by molar-refractivity contribution is 5.84. The van der Waals surface area contributed by atoms with Crippen LogP contribution in [0.5, 0.6) is 0 Å². The molecule has 4 aliphatic carbocycles. The zero-order chi connectivity index (χ0) is 17.9. The molecule has 25 heavy (non-hydrogen) atoms. The van der Waals surface area contributed by atoms with Crippen LogP contribution in [0.25, 0.3) is 0 Å². The van der Waals surface area contributed by atoms with Crippen molar-refractivity contribution in [1.29, 1.82) is 0 Å². The quantitative estimate of drug-likeness (QED) is 0.671. The van der Waals surface area contributed by atoms with E-state index in [1.54, 1.807) is 0 Å². The van der Waals surface area contributed by atoms with Crippen LogP contribution in [0, 0.1) is 23.2 Å². The van der Waals surface area contributed by atoms with Crippen molar-refractivity contribution in [2.45, 2.75) is 58.8 Å². The van der Waals surface area contributed by atoms with Gasteiger partial charge in [0.25, 0.3) is 0 Å². The van der Waals surface area contributed by atoms with E-state index in [9.17, 15) is 9.59 Å². The van der Waals surface area contributed by atoms with E-state index in [0.29, 0.717) is 19.5 Å². The van der Waals surface area contributed by atoms with Gasteiger partial charge in [-0.05, 0) is 69.4 Å². The molecule has 4 aliphatic rings. The smallest absolute Gasteiger partial charge is 0.226 e. The summed E-state index contributed by atoms with van der Waals surface area (Å²) in [5, 5.41) is 6.04. The summed E-state index contributed by atoms with van der Waals surface area (Å²) >= 11 is 0. The van der Waals surface area contributed by atoms with Crippen LogP contribution in [0.4, 0.5) is 0 Å². The van der Waals surface area contributed by atoms with Crippen molar-refractivity contribution in [3.63, 3.8) is 0 Å². The van der Waals surface area contributed by atoms with Crippen LogP contribution in [0.3, 0.4) is 0 Å². The molecule has 0 aliphatic heterocycles. The number of carbonyl (C=O) groups is 2. The summed E-state index contributed by atoms with van der Waals surface area (Å²) in [7, 11) is 0. The van der Waals surface area contributed by atoms with Crippen LogP contribution in [0.1, 0.15) is 58.8 Å². The van der Waals surface area contributed by atoms with Gasteiger partial charge >= 0.3 is 0 Å². The van der Waals surface area contributed by atoms with E-state index < -0.39 is 0 Å². The summed E-state index contributed by atoms with van der Waals surface area (Å²) in [6.07, 6.45) is 7.68. The van der Waals surface area contributed by atoms with Gasteiger partial charge in [0, 0.05) is 31.5 Å². The first-order chi connectivity index (χ1) is 12.0. The molecule has 0 aromatic rings. The van der Waals surface area contributed by atoms with E-state index in [1.807, 2.05) is 0 Å². The van der Waals surface area contributed by atoms with Crippen LogP contribution < -0.4 is 10.6 Å². The molecule has 0 radical (unpaired) electrons. The maximum absolute atomic E-state index is 12.8. The Hall–Kier alpha value is -1.10. The predicted octanol–water partition coefficient (Wildman–Crippen LogP) is 2.17. The van der Waals surface area contributed by atoms with E-state index in [4.69, 9.17) is 0 Å². The molecule has 4 fully saturated rings. The van der Waals surface area contributed by atoms with Gasteiger partial charge in [-0.15, -0.1) is 0 Å². The summed E-state index contributed by atoms with van der Waals surface area (Å²) in [4.78, 5) is 27.0. The normalized spacial score (nSPS) is 32.8. The molecule has 4 saturated carbocycles. The average molecular weight is 350 g/mol. The number of hydrogen-bond acceptors (Lipinski definition) is 3. The van der Waals surface area contributed by atoms with Gasteiger partial charge in [-0.25, -0.2) is 0 Å². The molecule has 0 aromatic carbocycles. The van der Waals surface area contributed by atoms with E-state index in [2.05, 4.69) is 29.4 Å². The lowest BCUT2D eigenvalue weighted by molar-refractivity contribution is -0.146. The molecule has 0 heterocycles. The Balaban J connectivity index is 1.36. The number of nitrogens with zero attached hydrogens (tertiary/aromatic N) is 1. The highest BCUT2D eigenvalue weighted by Crippen LogP contribution is 2.60. The third-order valence-corrected chi connectivity index (χ3v) is 6.80. The van der Waals surface area contributed by atoms with Crippen molar-refractivity contribution in [3.05, 3.63) is 0 Å². The van der Waals surface area contributed by atoms with Crippen LogP contribution in [-0.4, -0.2) is 49.4 Å². The van der Waals surface area contributed by atoms with Gasteiger partial charge < -0.3 is 15.5 Å². The van der Waals surface area contributed by atoms with Crippen molar-refractivity contribution >= 4 is 11.8 Å². The van der Waals surface area contributed by atoms with Crippen LogP contribution >= 0.6 is 0 Å². The van der Waals surface area contributed by atoms with Crippen molar-refractivity contribution in [3.8, 4) is 0 Å². The fourth-order valence-corrected chi connectivity index (χ4v) is 5.85. The van der Waals surface area contributed by atoms with E-state index in [0.717, 1.165) is 56.7 Å². The number of amides is 2. The second-order valence-electron chi connectivity index (χ2n) is 8.58. The molecule has 0 aromatic heterocycles. The molecular weight excluding hydrogens is 314 g/mol. The fourth-order valence-electron chi connectivity index (χ4n) is 5.85. The molecule has 5 nitrogen and oxygen atoms in total. The number of carbonyl (C=O) groups excluding carboxylic acids is 2. The fraction of sp³-hybridized carbons (Fsp3) is 0.900. The Morgan fingerprint density at radius 3 is 2.00 bits per heavy atom. The Morgan fingerprint density at radius 1 is 0.920 bits per heavy atom. The molecule has 4 bridgehead atoms. The first-order valence-electron chi connectivity index (χ1n) is 10.3. The van der Waals surface area contributed by atoms with Gasteiger partial charge in [-0.2, -0.15) is 0 Å². The van der Waals surface area contributed by atoms with Crippen LogP contribution in [0.15, 0.2) is 0 Å². The van der Waals surface area contributed by atoms with Gasteiger partial charge in [0.1, 0.15) is 0 Å². The Bertz CT molecular complexity index is 452. The van der Waals surface area contributed by atoms with Crippen LogP contribution in [-0.2, 0) is 9.59 Å². The minimum Gasteiger partial charge on any atom is -0.355 e. The Labute approximate surface area is 152 Å². The second kappa shape index (κ2) is 8.07. The zero-order valence-electron chi connectivity index (χ0n) is 16.0. The molecular formula is C20H35N3O2. The SMILES string of the molecule is CCN(CC)CCNC(=O)CCNC(=O)C12CC3CC(CC(C3)C1)C2. The molecule has 0 saturated heterocycles. The van der Waals surface area contributed by atoms with Crippen molar-refractivity contribution < 1.29 is 9.59 Å². The third-order valence-electron chi connectivity index (χ3n) is 6.80. The van der Waals surface area contributed by atoms with Crippen molar-refractivity contribution in [2.24, 2.45) is 23.2 Å². The topological polar surface area (TPSA) is 61.4 Å². The standard InChI is InChI=1S/C20H35N3O2/c1-3-23(4-2)8-7-21-18(24)5-6-22-19(25)20-12-15-9-16(13-20)11-17(10-15)14-20/h15-17H,3-14H2,1-2H3,(H,21,24)(H,22,25). The predicted molar refractivity (Wildman–Crippen MR) is 99.0 cm³/mol. The second-order valence-corrected chi connectivity index (χ2v) is 8.58. The minimum absolute atomic E-state index is 0.0398. The molecule has 0 spiro atoms. The van der Waals surface area contributed by atoms with Gasteiger partial charge in [0.15, 0.2) is 0 Å². The molecule has 0 unspecified atom stereocenters. The summed E-state index contributed by atoms with van der Waals surface area (Å²) in [6, 6.07) is 0. The average Bonchev–Trinajstić information content (AvgIpc) is 2.57. The number of hydrogen-bond donors (Lipinski definition) is 2. The van der Waals surface area contributed by atoms with Gasteiger partial charge in [0.05, 0.1) is 0 Å². The molecule has 2 amide bonds. The zero-order valence-corrected chi connectivity index (χ0v) is 16.0. The molecule has 0 atom stereocenters. The summed E-state index contributed by atoms with van der Waals surface area (Å²) in [5.74, 6) is 2.60. The molecule has 5 heteroatoms. The maximum atomic E-state index is 12.8. The first kappa shape index (κ1) is 18.7. The van der Waals surface area contributed by atoms with Gasteiger partial charge in [-0.1, -0.05) is 13.8 Å². The largest absolute Gasteiger partial charge is 0.355 e. The third kappa shape index (κ3) is 4.36. The highest BCUT2D eigenvalue weighted by Gasteiger charge is 2.54. The minimum atomic E-state index is -0.103. The van der Waals surface area contributed by atoms with Crippen LogP contribution in [0.2, 0.25) is 0 Å². The lowest BCUT2D eigenvalue weighted by Crippen LogP contribution is -2.53. The molecule has 4 rings (SSSR count). The number of nitrogens with one attached hydrogen (secondary N) is 2. The molecule has 2 N–H and O–H groups in total. The number of likely N-dealkylation sites (N-methyl/N-ethyl adjacent to an activating group) is 1. The van der Waals surface area contributed by atoms with E-state index >= 15 is 0 Å². The Kier molecular flexibility index (Phi) is 6.03. The van der Waals surface area contributed by atoms with Gasteiger partial charge in [0.2, 0.25) is 11.8 Å². The number of rotatable bonds is 9. The lowest BCUT2D eigenvalue weighted by Gasteiger charge is -2.55. The summed E-state index contributed by atoms with van der Waals surface area (Å²) < 4.78 is 0. The Morgan fingerprint density at radius 2 is 1.48 bits per heavy atom. The summed E-state index contributed by atoms with van der Waals surface area (Å²) in [6.45, 7) is 8.32. The van der Waals surface area contributed by atoms with Crippen molar-refractivity contribution in [1.82, 2.24) is 15.5 Å². The maximum Gasteiger partial charge on any atom is 0.226 e. The van der Waals surface area contributed by atoms with Gasteiger partial charge in [-0.3, -0.25) is 9.59 Å². The van der Waals surface area contributed by atoms with E-state index in [-0.39, 0.29) is 17.2 Å². The molecule has 142 valence electrons.